The van der Waals surface area contributed by atoms with Gasteiger partial charge >= 0.3 is 0 Å². The van der Waals surface area contributed by atoms with Gasteiger partial charge in [0.15, 0.2) is 9.84 Å². The molecule has 2 aromatic carbocycles. The lowest BCUT2D eigenvalue weighted by molar-refractivity contribution is 0.469. The normalized spacial score (nSPS) is 11.4. The Hall–Kier alpha value is -1.08. The fourth-order valence-electron chi connectivity index (χ4n) is 1.56. The van der Waals surface area contributed by atoms with Gasteiger partial charge in [0.2, 0.25) is 0 Å². The van der Waals surface area contributed by atoms with Gasteiger partial charge in [-0.1, -0.05) is 30.3 Å². The van der Waals surface area contributed by atoms with Crippen molar-refractivity contribution in [3.63, 3.8) is 0 Å². The van der Waals surface area contributed by atoms with Crippen LogP contribution in [-0.2, 0) is 15.6 Å². The zero-order valence-corrected chi connectivity index (χ0v) is 12.3. The van der Waals surface area contributed by atoms with Gasteiger partial charge in [0.25, 0.3) is 0 Å². The van der Waals surface area contributed by atoms with Gasteiger partial charge in [-0.05, 0) is 46.4 Å². The molecule has 0 aromatic heterocycles. The molecule has 5 heteroatoms. The minimum absolute atomic E-state index is 0.00950. The van der Waals surface area contributed by atoms with Crippen LogP contribution in [0.5, 0.6) is 5.75 Å². The monoisotopic (exact) mass is 374 g/mol. The van der Waals surface area contributed by atoms with E-state index in [9.17, 15) is 13.5 Å². The minimum Gasteiger partial charge on any atom is -0.507 e. The molecule has 0 spiro atoms. The van der Waals surface area contributed by atoms with Crippen LogP contribution in [0.4, 0.5) is 0 Å². The van der Waals surface area contributed by atoms with Crippen molar-refractivity contribution in [2.45, 2.75) is 10.6 Å². The van der Waals surface area contributed by atoms with Crippen LogP contribution in [0.25, 0.3) is 0 Å². The van der Waals surface area contributed by atoms with E-state index in [1.807, 2.05) is 28.7 Å². The van der Waals surface area contributed by atoms with Crippen LogP contribution >= 0.6 is 22.6 Å². The molecule has 2 aromatic rings. The van der Waals surface area contributed by atoms with Crippen LogP contribution in [0.2, 0.25) is 0 Å². The van der Waals surface area contributed by atoms with Crippen LogP contribution in [0.15, 0.2) is 53.4 Å². The summed E-state index contributed by atoms with van der Waals surface area (Å²) in [5.74, 6) is -0.0711. The standard InChI is InChI=1S/C13H11IO3S/c14-12-7-6-11(8-13(12)15)18(16,17)9-10-4-2-1-3-5-10/h1-8,15H,9H2. The lowest BCUT2D eigenvalue weighted by Crippen LogP contribution is -2.04. The second-order valence-corrected chi connectivity index (χ2v) is 7.01. The zero-order chi connectivity index (χ0) is 13.2. The van der Waals surface area contributed by atoms with Gasteiger partial charge in [-0.15, -0.1) is 0 Å². The zero-order valence-electron chi connectivity index (χ0n) is 9.38. The average Bonchev–Trinajstić information content (AvgIpc) is 2.33. The smallest absolute Gasteiger partial charge is 0.182 e. The first-order valence-corrected chi connectivity index (χ1v) is 7.97. The van der Waals surface area contributed by atoms with Crippen LogP contribution in [-0.4, -0.2) is 13.5 Å². The van der Waals surface area contributed by atoms with E-state index >= 15 is 0 Å². The van der Waals surface area contributed by atoms with E-state index in [0.717, 1.165) is 5.56 Å². The number of hydrogen-bond donors (Lipinski definition) is 1. The summed E-state index contributed by atoms with van der Waals surface area (Å²) in [7, 11) is -3.42. The maximum Gasteiger partial charge on any atom is 0.182 e. The van der Waals surface area contributed by atoms with E-state index in [1.54, 1.807) is 30.3 Å². The lowest BCUT2D eigenvalue weighted by Gasteiger charge is -2.06. The van der Waals surface area contributed by atoms with Crippen LogP contribution in [0, 0.1) is 3.57 Å². The third-order valence-electron chi connectivity index (χ3n) is 2.48. The molecule has 18 heavy (non-hydrogen) atoms. The van der Waals surface area contributed by atoms with E-state index < -0.39 is 9.84 Å². The molecule has 0 bridgehead atoms. The Labute approximate surface area is 120 Å². The van der Waals surface area contributed by atoms with Gasteiger partial charge in [0.1, 0.15) is 5.75 Å². The molecule has 0 amide bonds. The molecule has 1 N–H and O–H groups in total. The number of benzene rings is 2. The Balaban J connectivity index is 2.34. The van der Waals surface area contributed by atoms with E-state index in [-0.39, 0.29) is 16.4 Å². The summed E-state index contributed by atoms with van der Waals surface area (Å²) in [5.41, 5.74) is 0.732. The van der Waals surface area contributed by atoms with E-state index in [2.05, 4.69) is 0 Å². The van der Waals surface area contributed by atoms with Gasteiger partial charge < -0.3 is 5.11 Å². The predicted octanol–water partition coefficient (Wildman–Crippen LogP) is 2.97. The molecule has 0 heterocycles. The predicted molar refractivity (Wildman–Crippen MR) is 78.2 cm³/mol. The summed E-state index contributed by atoms with van der Waals surface area (Å²) in [5, 5.41) is 9.56. The maximum absolute atomic E-state index is 12.2. The summed E-state index contributed by atoms with van der Waals surface area (Å²) in [6.45, 7) is 0. The van der Waals surface area contributed by atoms with Crippen molar-refractivity contribution in [3.05, 3.63) is 57.7 Å². The van der Waals surface area contributed by atoms with Crippen LogP contribution in [0.3, 0.4) is 0 Å². The highest BCUT2D eigenvalue weighted by Crippen LogP contribution is 2.25. The Kier molecular flexibility index (Phi) is 3.91. The minimum atomic E-state index is -3.42. The summed E-state index contributed by atoms with van der Waals surface area (Å²) in [6, 6.07) is 13.4. The van der Waals surface area contributed by atoms with Crippen molar-refractivity contribution in [2.24, 2.45) is 0 Å². The Morgan fingerprint density at radius 3 is 2.33 bits per heavy atom. The molecule has 0 aliphatic carbocycles. The fourth-order valence-corrected chi connectivity index (χ4v) is 3.26. The third-order valence-corrected chi connectivity index (χ3v) is 5.07. The van der Waals surface area contributed by atoms with Crippen molar-refractivity contribution in [2.75, 3.05) is 0 Å². The van der Waals surface area contributed by atoms with Crippen molar-refractivity contribution < 1.29 is 13.5 Å². The van der Waals surface area contributed by atoms with E-state index in [0.29, 0.717) is 3.57 Å². The second kappa shape index (κ2) is 5.27. The number of hydrogen-bond acceptors (Lipinski definition) is 3. The number of phenolic OH excluding ortho intramolecular Hbond substituents is 1. The molecule has 0 fully saturated rings. The van der Waals surface area contributed by atoms with Gasteiger partial charge in [0.05, 0.1) is 14.2 Å². The SMILES string of the molecule is O=S(=O)(Cc1ccccc1)c1ccc(I)c(O)c1. The molecular formula is C13H11IO3S. The molecule has 0 radical (unpaired) electrons. The number of halogens is 1. The summed E-state index contributed by atoms with van der Waals surface area (Å²) < 4.78 is 24.9. The van der Waals surface area contributed by atoms with Gasteiger partial charge in [-0.3, -0.25) is 0 Å². The van der Waals surface area contributed by atoms with Gasteiger partial charge in [-0.2, -0.15) is 0 Å². The summed E-state index contributed by atoms with van der Waals surface area (Å²) >= 11 is 1.95. The largest absolute Gasteiger partial charge is 0.507 e. The molecule has 0 saturated heterocycles. The molecule has 0 atom stereocenters. The molecule has 0 unspecified atom stereocenters. The Morgan fingerprint density at radius 1 is 1.06 bits per heavy atom. The first-order chi connectivity index (χ1) is 8.49. The van der Waals surface area contributed by atoms with Crippen molar-refractivity contribution in [1.29, 1.82) is 0 Å². The molecule has 0 aliphatic heterocycles. The van der Waals surface area contributed by atoms with E-state index in [1.165, 1.54) is 12.1 Å². The molecule has 0 aliphatic rings. The lowest BCUT2D eigenvalue weighted by atomic mass is 10.2. The van der Waals surface area contributed by atoms with Crippen molar-refractivity contribution in [1.82, 2.24) is 0 Å². The number of sulfone groups is 1. The molecule has 2 rings (SSSR count). The van der Waals surface area contributed by atoms with E-state index in [4.69, 9.17) is 0 Å². The Bertz CT molecular complexity index is 651. The van der Waals surface area contributed by atoms with Crippen LogP contribution < -0.4 is 0 Å². The van der Waals surface area contributed by atoms with Crippen molar-refractivity contribution in [3.8, 4) is 5.75 Å². The van der Waals surface area contributed by atoms with Crippen LogP contribution in [0.1, 0.15) is 5.56 Å². The summed E-state index contributed by atoms with van der Waals surface area (Å²) in [4.78, 5) is 0.143. The average molecular weight is 374 g/mol. The quantitative estimate of drug-likeness (QED) is 0.841. The van der Waals surface area contributed by atoms with Gasteiger partial charge in [0, 0.05) is 0 Å². The number of aromatic hydroxyl groups is 1. The highest BCUT2D eigenvalue weighted by Gasteiger charge is 2.16. The first kappa shape index (κ1) is 13.4. The number of rotatable bonds is 3. The maximum atomic E-state index is 12.2. The summed E-state index contributed by atoms with van der Waals surface area (Å²) in [6.07, 6.45) is 0. The molecule has 94 valence electrons. The van der Waals surface area contributed by atoms with Gasteiger partial charge in [-0.25, -0.2) is 8.42 Å². The van der Waals surface area contributed by atoms with Crippen molar-refractivity contribution >= 4 is 32.4 Å². The second-order valence-electron chi connectivity index (χ2n) is 3.86. The first-order valence-electron chi connectivity index (χ1n) is 5.24. The highest BCUT2D eigenvalue weighted by molar-refractivity contribution is 14.1. The fraction of sp³-hybridized carbons (Fsp3) is 0.0769. The Morgan fingerprint density at radius 2 is 1.72 bits per heavy atom. The third kappa shape index (κ3) is 3.02. The number of phenols is 1. The highest BCUT2D eigenvalue weighted by atomic mass is 127. The molecular weight excluding hydrogens is 363 g/mol. The topological polar surface area (TPSA) is 54.4 Å². The molecule has 3 nitrogen and oxygen atoms in total. The molecule has 0 saturated carbocycles.